The third kappa shape index (κ3) is 3.02. The van der Waals surface area contributed by atoms with Crippen molar-refractivity contribution in [1.29, 1.82) is 5.26 Å². The van der Waals surface area contributed by atoms with Gasteiger partial charge in [0.05, 0.1) is 40.9 Å². The lowest BCUT2D eigenvalue weighted by Crippen LogP contribution is -2.00. The Labute approximate surface area is 136 Å². The van der Waals surface area contributed by atoms with Crippen LogP contribution in [0.25, 0.3) is 11.1 Å². The van der Waals surface area contributed by atoms with Crippen molar-refractivity contribution in [2.45, 2.75) is 6.42 Å². The minimum absolute atomic E-state index is 0.246. The fraction of sp³-hybridized carbons (Fsp3) is 0.278. The predicted octanol–water partition coefficient (Wildman–Crippen LogP) is 3.45. The summed E-state index contributed by atoms with van der Waals surface area (Å²) in [5.74, 6) is 2.35. The zero-order chi connectivity index (χ0) is 16.8. The molecule has 5 nitrogen and oxygen atoms in total. The van der Waals surface area contributed by atoms with Crippen molar-refractivity contribution in [2.75, 3.05) is 28.4 Å². The molecule has 2 aromatic carbocycles. The van der Waals surface area contributed by atoms with Gasteiger partial charge in [-0.2, -0.15) is 5.26 Å². The normalized spacial score (nSPS) is 9.87. The quantitative estimate of drug-likeness (QED) is 0.817. The Morgan fingerprint density at radius 1 is 0.826 bits per heavy atom. The zero-order valence-electron chi connectivity index (χ0n) is 13.7. The molecule has 0 unspecified atom stereocenters. The summed E-state index contributed by atoms with van der Waals surface area (Å²) < 4.78 is 21.8. The molecule has 0 aromatic heterocycles. The Kier molecular flexibility index (Phi) is 5.32. The second-order valence-corrected chi connectivity index (χ2v) is 4.71. The molecule has 0 fully saturated rings. The maximum absolute atomic E-state index is 9.13. The average Bonchev–Trinajstić information content (AvgIpc) is 2.60. The number of para-hydroxylation sites is 1. The fourth-order valence-corrected chi connectivity index (χ4v) is 2.58. The number of methoxy groups -OCH3 is 4. The standard InChI is InChI=1S/C18H19NO4/c1-20-14-7-5-6-13(17(14)22-3)16-12(10-11-19)8-9-15(21-2)18(16)23-4/h5-9H,10H2,1-4H3. The number of hydrogen-bond donors (Lipinski definition) is 0. The molecule has 0 saturated carbocycles. The molecule has 23 heavy (non-hydrogen) atoms. The van der Waals surface area contributed by atoms with Crippen LogP contribution in [0.15, 0.2) is 30.3 Å². The summed E-state index contributed by atoms with van der Waals surface area (Å²) in [6, 6.07) is 11.4. The minimum Gasteiger partial charge on any atom is -0.493 e. The molecule has 5 heteroatoms. The van der Waals surface area contributed by atoms with Gasteiger partial charge >= 0.3 is 0 Å². The summed E-state index contributed by atoms with van der Waals surface area (Å²) in [6.07, 6.45) is 0.246. The van der Waals surface area contributed by atoms with E-state index in [0.29, 0.717) is 23.0 Å². The van der Waals surface area contributed by atoms with Gasteiger partial charge < -0.3 is 18.9 Å². The van der Waals surface area contributed by atoms with E-state index in [1.54, 1.807) is 34.5 Å². The van der Waals surface area contributed by atoms with Crippen molar-refractivity contribution in [3.8, 4) is 40.2 Å². The van der Waals surface area contributed by atoms with Crippen molar-refractivity contribution in [3.63, 3.8) is 0 Å². The van der Waals surface area contributed by atoms with E-state index in [4.69, 9.17) is 24.2 Å². The largest absolute Gasteiger partial charge is 0.493 e. The molecule has 0 bridgehead atoms. The number of benzene rings is 2. The summed E-state index contributed by atoms with van der Waals surface area (Å²) >= 11 is 0. The Morgan fingerprint density at radius 3 is 2.04 bits per heavy atom. The lowest BCUT2D eigenvalue weighted by Gasteiger charge is -2.19. The predicted molar refractivity (Wildman–Crippen MR) is 87.4 cm³/mol. The lowest BCUT2D eigenvalue weighted by molar-refractivity contribution is 0.351. The number of nitrogens with zero attached hydrogens (tertiary/aromatic N) is 1. The van der Waals surface area contributed by atoms with E-state index >= 15 is 0 Å². The van der Waals surface area contributed by atoms with Crippen molar-refractivity contribution in [2.24, 2.45) is 0 Å². The first-order chi connectivity index (χ1) is 11.2. The van der Waals surface area contributed by atoms with Crippen molar-refractivity contribution in [1.82, 2.24) is 0 Å². The Hall–Kier alpha value is -2.87. The van der Waals surface area contributed by atoms with E-state index in [1.165, 1.54) is 0 Å². The van der Waals surface area contributed by atoms with Gasteiger partial charge in [-0.1, -0.05) is 18.2 Å². The fourth-order valence-electron chi connectivity index (χ4n) is 2.58. The van der Waals surface area contributed by atoms with E-state index < -0.39 is 0 Å². The van der Waals surface area contributed by atoms with Crippen LogP contribution in [0, 0.1) is 11.3 Å². The molecule has 0 amide bonds. The Bertz CT molecular complexity index is 735. The number of hydrogen-bond acceptors (Lipinski definition) is 5. The van der Waals surface area contributed by atoms with E-state index in [-0.39, 0.29) is 6.42 Å². The Morgan fingerprint density at radius 2 is 1.48 bits per heavy atom. The monoisotopic (exact) mass is 313 g/mol. The number of ether oxygens (including phenoxy) is 4. The Balaban J connectivity index is 2.83. The van der Waals surface area contributed by atoms with Crippen LogP contribution in [0.3, 0.4) is 0 Å². The highest BCUT2D eigenvalue weighted by Gasteiger charge is 2.21. The van der Waals surface area contributed by atoms with Gasteiger partial charge in [0.25, 0.3) is 0 Å². The second-order valence-electron chi connectivity index (χ2n) is 4.71. The van der Waals surface area contributed by atoms with Crippen LogP contribution < -0.4 is 18.9 Å². The van der Waals surface area contributed by atoms with Crippen molar-refractivity contribution < 1.29 is 18.9 Å². The third-order valence-electron chi connectivity index (χ3n) is 3.57. The molecule has 0 aliphatic carbocycles. The van der Waals surface area contributed by atoms with Crippen LogP contribution in [-0.2, 0) is 6.42 Å². The van der Waals surface area contributed by atoms with Gasteiger partial charge in [0, 0.05) is 11.1 Å². The molecule has 2 rings (SSSR count). The van der Waals surface area contributed by atoms with Crippen LogP contribution in [0.4, 0.5) is 0 Å². The third-order valence-corrected chi connectivity index (χ3v) is 3.57. The summed E-state index contributed by atoms with van der Waals surface area (Å²) in [7, 11) is 6.32. The molecule has 0 spiro atoms. The molecular formula is C18H19NO4. The maximum Gasteiger partial charge on any atom is 0.168 e. The first-order valence-electron chi connectivity index (χ1n) is 7.03. The SMILES string of the molecule is COc1cccc(-c2c(CC#N)ccc(OC)c2OC)c1OC. The lowest BCUT2D eigenvalue weighted by atomic mass is 9.95. The molecule has 2 aromatic rings. The van der Waals surface area contributed by atoms with Gasteiger partial charge in [0.1, 0.15) is 0 Å². The van der Waals surface area contributed by atoms with Gasteiger partial charge in [-0.05, 0) is 17.7 Å². The molecule has 0 atom stereocenters. The maximum atomic E-state index is 9.13. The highest BCUT2D eigenvalue weighted by Crippen LogP contribution is 2.46. The van der Waals surface area contributed by atoms with Crippen LogP contribution in [0.5, 0.6) is 23.0 Å². The number of nitriles is 1. The molecule has 0 aliphatic heterocycles. The summed E-state index contributed by atoms with van der Waals surface area (Å²) in [5, 5.41) is 9.13. The molecule has 0 saturated heterocycles. The minimum atomic E-state index is 0.246. The molecule has 0 N–H and O–H groups in total. The zero-order valence-corrected chi connectivity index (χ0v) is 13.7. The highest BCUT2D eigenvalue weighted by atomic mass is 16.5. The van der Waals surface area contributed by atoms with Gasteiger partial charge in [-0.15, -0.1) is 0 Å². The van der Waals surface area contributed by atoms with Gasteiger partial charge in [0.15, 0.2) is 23.0 Å². The van der Waals surface area contributed by atoms with Crippen LogP contribution in [-0.4, -0.2) is 28.4 Å². The smallest absolute Gasteiger partial charge is 0.168 e. The summed E-state index contributed by atoms with van der Waals surface area (Å²) in [6.45, 7) is 0. The van der Waals surface area contributed by atoms with E-state index in [1.807, 2.05) is 24.3 Å². The van der Waals surface area contributed by atoms with Crippen LogP contribution in [0.1, 0.15) is 5.56 Å². The van der Waals surface area contributed by atoms with Crippen LogP contribution >= 0.6 is 0 Å². The van der Waals surface area contributed by atoms with Crippen molar-refractivity contribution in [3.05, 3.63) is 35.9 Å². The van der Waals surface area contributed by atoms with Gasteiger partial charge in [-0.25, -0.2) is 0 Å². The highest BCUT2D eigenvalue weighted by molar-refractivity contribution is 5.83. The molecule has 120 valence electrons. The first kappa shape index (κ1) is 16.5. The molecule has 0 aliphatic rings. The first-order valence-corrected chi connectivity index (χ1v) is 7.03. The second kappa shape index (κ2) is 7.41. The molecule has 0 heterocycles. The topological polar surface area (TPSA) is 60.7 Å². The summed E-state index contributed by atoms with van der Waals surface area (Å²) in [5.41, 5.74) is 2.38. The summed E-state index contributed by atoms with van der Waals surface area (Å²) in [4.78, 5) is 0. The van der Waals surface area contributed by atoms with Gasteiger partial charge in [0.2, 0.25) is 0 Å². The molecule has 0 radical (unpaired) electrons. The van der Waals surface area contributed by atoms with Crippen LogP contribution in [0.2, 0.25) is 0 Å². The van der Waals surface area contributed by atoms with E-state index in [0.717, 1.165) is 16.7 Å². The van der Waals surface area contributed by atoms with Crippen molar-refractivity contribution >= 4 is 0 Å². The van der Waals surface area contributed by atoms with Gasteiger partial charge in [-0.3, -0.25) is 0 Å². The average molecular weight is 313 g/mol. The van der Waals surface area contributed by atoms with E-state index in [2.05, 4.69) is 6.07 Å². The number of rotatable bonds is 6. The molecular weight excluding hydrogens is 294 g/mol. The van der Waals surface area contributed by atoms with E-state index in [9.17, 15) is 0 Å².